The number of nitrogens with zero attached hydrogens (tertiary/aromatic N) is 4. The van der Waals surface area contributed by atoms with Crippen molar-refractivity contribution in [3.63, 3.8) is 0 Å². The van der Waals surface area contributed by atoms with Crippen LogP contribution < -0.4 is 11.5 Å². The topological polar surface area (TPSA) is 145 Å². The smallest absolute Gasteiger partial charge is 0.280 e. The fourth-order valence-corrected chi connectivity index (χ4v) is 2.11. The van der Waals surface area contributed by atoms with E-state index in [1.807, 2.05) is 0 Å². The number of nitrogens with two attached hydrogens (primary N) is 2. The largest absolute Gasteiger partial charge is 0.382 e. The molecular formula is C11H6Cl2N6O2. The number of nitrogen functional groups attached to an aromatic ring is 2. The summed E-state index contributed by atoms with van der Waals surface area (Å²) in [6.07, 6.45) is 0. The summed E-state index contributed by atoms with van der Waals surface area (Å²) in [5.74, 6) is -0.447. The Hall–Kier alpha value is -2.63. The number of nitro benzene ring substituents is 1. The summed E-state index contributed by atoms with van der Waals surface area (Å²) in [6.45, 7) is 0. The lowest BCUT2D eigenvalue weighted by molar-refractivity contribution is -0.384. The molecule has 2 aromatic rings. The number of hydrogen-bond donors (Lipinski definition) is 2. The minimum Gasteiger partial charge on any atom is -0.382 e. The number of nitro groups is 1. The van der Waals surface area contributed by atoms with Crippen molar-refractivity contribution in [1.29, 1.82) is 5.26 Å². The predicted molar refractivity (Wildman–Crippen MR) is 77.7 cm³/mol. The van der Waals surface area contributed by atoms with Gasteiger partial charge in [0.15, 0.2) is 0 Å². The van der Waals surface area contributed by atoms with Crippen molar-refractivity contribution in [2.75, 3.05) is 11.5 Å². The van der Waals surface area contributed by atoms with Crippen LogP contribution in [-0.4, -0.2) is 14.9 Å². The molecule has 0 bridgehead atoms. The molecule has 4 N–H and O–H groups in total. The maximum Gasteiger partial charge on any atom is 0.280 e. The molecule has 0 aliphatic heterocycles. The number of aromatic nitrogens is 2. The molecule has 0 unspecified atom stereocenters. The van der Waals surface area contributed by atoms with Crippen LogP contribution in [0.4, 0.5) is 17.5 Å². The van der Waals surface area contributed by atoms with Gasteiger partial charge in [0.2, 0.25) is 5.95 Å². The Balaban J connectivity index is 2.94. The zero-order chi connectivity index (χ0) is 15.7. The lowest BCUT2D eigenvalue weighted by Crippen LogP contribution is -2.06. The summed E-state index contributed by atoms with van der Waals surface area (Å²) >= 11 is 11.9. The summed E-state index contributed by atoms with van der Waals surface area (Å²) in [6, 6.07) is 4.19. The number of hydrogen-bond acceptors (Lipinski definition) is 7. The second-order valence-corrected chi connectivity index (χ2v) is 4.60. The lowest BCUT2D eigenvalue weighted by Gasteiger charge is -2.09. The van der Waals surface area contributed by atoms with Gasteiger partial charge >= 0.3 is 0 Å². The van der Waals surface area contributed by atoms with Gasteiger partial charge in [0.05, 0.1) is 20.5 Å². The average Bonchev–Trinajstić information content (AvgIpc) is 2.40. The fraction of sp³-hybridized carbons (Fsp3) is 0. The zero-order valence-corrected chi connectivity index (χ0v) is 11.7. The summed E-state index contributed by atoms with van der Waals surface area (Å²) in [5.41, 5.74) is 10.2. The Labute approximate surface area is 128 Å². The van der Waals surface area contributed by atoms with Crippen molar-refractivity contribution in [2.45, 2.75) is 0 Å². The molecule has 1 aromatic carbocycles. The van der Waals surface area contributed by atoms with Gasteiger partial charge < -0.3 is 11.5 Å². The van der Waals surface area contributed by atoms with Gasteiger partial charge in [-0.15, -0.1) is 0 Å². The van der Waals surface area contributed by atoms with E-state index in [0.29, 0.717) is 0 Å². The van der Waals surface area contributed by atoms with Crippen LogP contribution in [0.5, 0.6) is 0 Å². The third-order valence-electron chi connectivity index (χ3n) is 2.57. The average molecular weight is 325 g/mol. The highest BCUT2D eigenvalue weighted by Crippen LogP contribution is 2.41. The number of anilines is 2. The predicted octanol–water partition coefficient (Wildman–Crippen LogP) is 2.39. The van der Waals surface area contributed by atoms with E-state index in [1.165, 1.54) is 6.07 Å². The van der Waals surface area contributed by atoms with Crippen molar-refractivity contribution < 1.29 is 4.92 Å². The molecule has 1 heterocycles. The third kappa shape index (κ3) is 2.52. The summed E-state index contributed by atoms with van der Waals surface area (Å²) < 4.78 is 0. The van der Waals surface area contributed by atoms with Gasteiger partial charge in [-0.2, -0.15) is 10.2 Å². The summed E-state index contributed by atoms with van der Waals surface area (Å²) in [4.78, 5) is 17.9. The molecular weight excluding hydrogens is 319 g/mol. The zero-order valence-electron chi connectivity index (χ0n) is 10.2. The van der Waals surface area contributed by atoms with Gasteiger partial charge in [-0.1, -0.05) is 23.2 Å². The minimum atomic E-state index is -0.673. The number of rotatable bonds is 2. The van der Waals surface area contributed by atoms with Crippen molar-refractivity contribution in [2.24, 2.45) is 0 Å². The van der Waals surface area contributed by atoms with E-state index in [9.17, 15) is 10.1 Å². The molecule has 2 rings (SSSR count). The van der Waals surface area contributed by atoms with Crippen molar-refractivity contribution in [1.82, 2.24) is 9.97 Å². The Kier molecular flexibility index (Phi) is 3.80. The van der Waals surface area contributed by atoms with Crippen molar-refractivity contribution in [3.8, 4) is 17.3 Å². The first-order valence-electron chi connectivity index (χ1n) is 5.32. The number of nitriles is 1. The van der Waals surface area contributed by atoms with E-state index >= 15 is 0 Å². The molecule has 0 saturated carbocycles. The normalized spacial score (nSPS) is 10.1. The van der Waals surface area contributed by atoms with E-state index < -0.39 is 4.92 Å². The van der Waals surface area contributed by atoms with Gasteiger partial charge in [0.25, 0.3) is 5.69 Å². The SMILES string of the molecule is N#Cc1c(N)nc(N)nc1-c1c([N+](=O)[O-])ccc(Cl)c1Cl. The van der Waals surface area contributed by atoms with E-state index in [4.69, 9.17) is 39.9 Å². The first kappa shape index (κ1) is 14.8. The Morgan fingerprint density at radius 2 is 1.95 bits per heavy atom. The number of benzene rings is 1. The van der Waals surface area contributed by atoms with Crippen LogP contribution in [0.25, 0.3) is 11.3 Å². The van der Waals surface area contributed by atoms with E-state index in [2.05, 4.69) is 9.97 Å². The van der Waals surface area contributed by atoms with Crippen LogP contribution in [0.1, 0.15) is 5.56 Å². The molecule has 0 amide bonds. The van der Waals surface area contributed by atoms with Crippen LogP contribution in [0.2, 0.25) is 10.0 Å². The van der Waals surface area contributed by atoms with Crippen molar-refractivity contribution in [3.05, 3.63) is 37.9 Å². The Morgan fingerprint density at radius 1 is 1.29 bits per heavy atom. The highest BCUT2D eigenvalue weighted by molar-refractivity contribution is 6.44. The molecule has 0 spiro atoms. The van der Waals surface area contributed by atoms with E-state index in [1.54, 1.807) is 6.07 Å². The lowest BCUT2D eigenvalue weighted by atomic mass is 10.0. The van der Waals surface area contributed by atoms with Gasteiger partial charge in [-0.05, 0) is 6.07 Å². The minimum absolute atomic E-state index is 0.0666. The monoisotopic (exact) mass is 324 g/mol. The summed E-state index contributed by atoms with van der Waals surface area (Å²) in [5, 5.41) is 20.2. The van der Waals surface area contributed by atoms with Crippen molar-refractivity contribution >= 4 is 40.7 Å². The first-order valence-corrected chi connectivity index (χ1v) is 6.08. The molecule has 0 saturated heterocycles. The molecule has 106 valence electrons. The number of halogens is 2. The van der Waals surface area contributed by atoms with Gasteiger partial charge in [-0.25, -0.2) is 4.98 Å². The quantitative estimate of drug-likeness (QED) is 0.636. The van der Waals surface area contributed by atoms with Crippen LogP contribution in [0.15, 0.2) is 12.1 Å². The van der Waals surface area contributed by atoms with Gasteiger partial charge in [0.1, 0.15) is 23.1 Å². The standard InChI is InChI=1S/C11H6Cl2N6O2/c12-5-1-2-6(19(20)21)7(8(5)13)9-4(3-14)10(15)18-11(16)17-9/h1-2H,(H4,15,16,17,18). The van der Waals surface area contributed by atoms with Crippen LogP contribution in [-0.2, 0) is 0 Å². The Morgan fingerprint density at radius 3 is 2.52 bits per heavy atom. The summed E-state index contributed by atoms with van der Waals surface area (Å²) in [7, 11) is 0. The van der Waals surface area contributed by atoms with E-state index in [0.717, 1.165) is 6.07 Å². The maximum atomic E-state index is 11.1. The molecule has 21 heavy (non-hydrogen) atoms. The second kappa shape index (κ2) is 5.40. The Bertz CT molecular complexity index is 802. The molecule has 0 atom stereocenters. The molecule has 0 radical (unpaired) electrons. The van der Waals surface area contributed by atoms with Crippen LogP contribution in [0, 0.1) is 21.4 Å². The highest BCUT2D eigenvalue weighted by Gasteiger charge is 2.26. The molecule has 10 heteroatoms. The van der Waals surface area contributed by atoms with Gasteiger partial charge in [0, 0.05) is 6.07 Å². The molecule has 1 aromatic heterocycles. The van der Waals surface area contributed by atoms with Gasteiger partial charge in [-0.3, -0.25) is 10.1 Å². The van der Waals surface area contributed by atoms with E-state index in [-0.39, 0.29) is 44.3 Å². The first-order chi connectivity index (χ1) is 9.86. The molecule has 0 aliphatic carbocycles. The molecule has 0 aliphatic rings. The fourth-order valence-electron chi connectivity index (χ4n) is 1.71. The third-order valence-corrected chi connectivity index (χ3v) is 3.38. The second-order valence-electron chi connectivity index (χ2n) is 3.82. The van der Waals surface area contributed by atoms with Crippen LogP contribution in [0.3, 0.4) is 0 Å². The van der Waals surface area contributed by atoms with Crippen LogP contribution >= 0.6 is 23.2 Å². The highest BCUT2D eigenvalue weighted by atomic mass is 35.5. The molecule has 0 fully saturated rings. The maximum absolute atomic E-state index is 11.1. The molecule has 8 nitrogen and oxygen atoms in total.